The van der Waals surface area contributed by atoms with Crippen molar-refractivity contribution in [3.8, 4) is 5.75 Å². The third-order valence-corrected chi connectivity index (χ3v) is 5.10. The predicted octanol–water partition coefficient (Wildman–Crippen LogP) is 4.41. The molecule has 1 atom stereocenters. The molecule has 1 aromatic heterocycles. The van der Waals surface area contributed by atoms with Crippen LogP contribution in [0.2, 0.25) is 0 Å². The lowest BCUT2D eigenvalue weighted by atomic mass is 9.96. The largest absolute Gasteiger partial charge is 0.497 e. The zero-order chi connectivity index (χ0) is 16.9. The summed E-state index contributed by atoms with van der Waals surface area (Å²) in [6.07, 6.45) is 8.17. The first-order valence-electron chi connectivity index (χ1n) is 9.03. The number of fused-ring (bicyclic) bond motifs is 1. The summed E-state index contributed by atoms with van der Waals surface area (Å²) in [5.41, 5.74) is 1.74. The van der Waals surface area contributed by atoms with Crippen LogP contribution >= 0.6 is 0 Å². The zero-order valence-corrected chi connectivity index (χ0v) is 14.7. The maximum Gasteiger partial charge on any atom is 0.227 e. The lowest BCUT2D eigenvalue weighted by Gasteiger charge is -2.20. The highest BCUT2D eigenvalue weighted by atomic mass is 16.5. The molecule has 3 rings (SSSR count). The molecule has 0 bridgehead atoms. The van der Waals surface area contributed by atoms with E-state index in [4.69, 9.17) is 9.15 Å². The summed E-state index contributed by atoms with van der Waals surface area (Å²) in [4.78, 5) is 14.7. The standard InChI is InChI=1S/C20H27NO3/c1-3-5-15-6-4-10-21(11-9-15)20(22)12-16-14-24-19-13-17(23-2)7-8-18(16)19/h7-8,13-15H,3-6,9-12H2,1-2H3. The second-order valence-electron chi connectivity index (χ2n) is 6.77. The van der Waals surface area contributed by atoms with Gasteiger partial charge in [-0.25, -0.2) is 0 Å². The molecule has 2 heterocycles. The number of ether oxygens (including phenoxy) is 1. The van der Waals surface area contributed by atoms with E-state index in [1.54, 1.807) is 13.4 Å². The van der Waals surface area contributed by atoms with Gasteiger partial charge in [0.05, 0.1) is 19.8 Å². The fourth-order valence-electron chi connectivity index (χ4n) is 3.71. The molecule has 0 aliphatic carbocycles. The van der Waals surface area contributed by atoms with E-state index in [2.05, 4.69) is 6.92 Å². The molecule has 0 radical (unpaired) electrons. The van der Waals surface area contributed by atoms with E-state index < -0.39 is 0 Å². The Balaban J connectivity index is 1.66. The molecule has 1 amide bonds. The molecular weight excluding hydrogens is 302 g/mol. The van der Waals surface area contributed by atoms with Crippen LogP contribution in [0.15, 0.2) is 28.9 Å². The van der Waals surface area contributed by atoms with Crippen molar-refractivity contribution in [3.63, 3.8) is 0 Å². The molecule has 4 nitrogen and oxygen atoms in total. The summed E-state index contributed by atoms with van der Waals surface area (Å²) in [6.45, 7) is 4.03. The van der Waals surface area contributed by atoms with Gasteiger partial charge in [-0.05, 0) is 37.3 Å². The number of rotatable bonds is 5. The smallest absolute Gasteiger partial charge is 0.227 e. The highest BCUT2D eigenvalue weighted by molar-refractivity contribution is 5.88. The monoisotopic (exact) mass is 329 g/mol. The summed E-state index contributed by atoms with van der Waals surface area (Å²) in [5, 5.41) is 1.00. The molecule has 1 aliphatic heterocycles. The van der Waals surface area contributed by atoms with Crippen molar-refractivity contribution in [3.05, 3.63) is 30.0 Å². The van der Waals surface area contributed by atoms with Crippen LogP contribution < -0.4 is 4.74 Å². The Bertz CT molecular complexity index is 691. The molecule has 24 heavy (non-hydrogen) atoms. The van der Waals surface area contributed by atoms with Gasteiger partial charge in [-0.15, -0.1) is 0 Å². The minimum Gasteiger partial charge on any atom is -0.497 e. The number of amides is 1. The summed E-state index contributed by atoms with van der Waals surface area (Å²) in [7, 11) is 1.64. The van der Waals surface area contributed by atoms with Crippen LogP contribution in [0, 0.1) is 5.92 Å². The number of methoxy groups -OCH3 is 1. The van der Waals surface area contributed by atoms with Crippen LogP contribution in [0.25, 0.3) is 11.0 Å². The quantitative estimate of drug-likeness (QED) is 0.816. The van der Waals surface area contributed by atoms with Crippen LogP contribution in [0.5, 0.6) is 5.75 Å². The lowest BCUT2D eigenvalue weighted by molar-refractivity contribution is -0.130. The number of nitrogens with zero attached hydrogens (tertiary/aromatic N) is 1. The number of hydrogen-bond donors (Lipinski definition) is 0. The molecule has 1 fully saturated rings. The van der Waals surface area contributed by atoms with Crippen LogP contribution in [-0.2, 0) is 11.2 Å². The average Bonchev–Trinajstić information content (AvgIpc) is 2.83. The first-order chi connectivity index (χ1) is 11.7. The van der Waals surface area contributed by atoms with Gasteiger partial charge in [0.25, 0.3) is 0 Å². The summed E-state index contributed by atoms with van der Waals surface area (Å²) >= 11 is 0. The van der Waals surface area contributed by atoms with Gasteiger partial charge in [0, 0.05) is 30.1 Å². The molecule has 130 valence electrons. The maximum absolute atomic E-state index is 12.7. The highest BCUT2D eigenvalue weighted by Gasteiger charge is 2.21. The maximum atomic E-state index is 12.7. The van der Waals surface area contributed by atoms with E-state index in [0.29, 0.717) is 6.42 Å². The van der Waals surface area contributed by atoms with Gasteiger partial charge in [-0.2, -0.15) is 0 Å². The topological polar surface area (TPSA) is 42.7 Å². The summed E-state index contributed by atoms with van der Waals surface area (Å²) < 4.78 is 10.8. The SMILES string of the molecule is CCCC1CCCN(C(=O)Cc2coc3cc(OC)ccc23)CC1. The van der Waals surface area contributed by atoms with Gasteiger partial charge in [0.15, 0.2) is 0 Å². The number of carbonyl (C=O) groups is 1. The summed E-state index contributed by atoms with van der Waals surface area (Å²) in [5.74, 6) is 1.77. The van der Waals surface area contributed by atoms with Crippen molar-refractivity contribution in [1.29, 1.82) is 0 Å². The molecule has 0 saturated carbocycles. The van der Waals surface area contributed by atoms with Crippen molar-refractivity contribution in [2.24, 2.45) is 5.92 Å². The van der Waals surface area contributed by atoms with Gasteiger partial charge in [0.1, 0.15) is 11.3 Å². The number of benzene rings is 1. The normalized spacial score (nSPS) is 18.6. The van der Waals surface area contributed by atoms with Gasteiger partial charge in [0.2, 0.25) is 5.91 Å². The Morgan fingerprint density at radius 3 is 3.00 bits per heavy atom. The fourth-order valence-corrected chi connectivity index (χ4v) is 3.71. The number of carbonyl (C=O) groups excluding carboxylic acids is 1. The van der Waals surface area contributed by atoms with Gasteiger partial charge in [-0.3, -0.25) is 4.79 Å². The van der Waals surface area contributed by atoms with Crippen molar-refractivity contribution in [2.75, 3.05) is 20.2 Å². The molecule has 1 unspecified atom stereocenters. The molecule has 2 aromatic rings. The highest BCUT2D eigenvalue weighted by Crippen LogP contribution is 2.27. The van der Waals surface area contributed by atoms with Gasteiger partial charge < -0.3 is 14.1 Å². The Morgan fingerprint density at radius 1 is 1.33 bits per heavy atom. The predicted molar refractivity (Wildman–Crippen MR) is 95.3 cm³/mol. The van der Waals surface area contributed by atoms with E-state index in [-0.39, 0.29) is 5.91 Å². The summed E-state index contributed by atoms with van der Waals surface area (Å²) in [6, 6.07) is 5.75. The Labute approximate surface area is 143 Å². The Morgan fingerprint density at radius 2 is 2.21 bits per heavy atom. The van der Waals surface area contributed by atoms with Crippen molar-refractivity contribution < 1.29 is 13.9 Å². The van der Waals surface area contributed by atoms with Gasteiger partial charge >= 0.3 is 0 Å². The van der Waals surface area contributed by atoms with Crippen LogP contribution in [-0.4, -0.2) is 31.0 Å². The third-order valence-electron chi connectivity index (χ3n) is 5.10. The van der Waals surface area contributed by atoms with Crippen LogP contribution in [0.4, 0.5) is 0 Å². The molecule has 1 aromatic carbocycles. The van der Waals surface area contributed by atoms with Crippen molar-refractivity contribution >= 4 is 16.9 Å². The second-order valence-corrected chi connectivity index (χ2v) is 6.77. The van der Waals surface area contributed by atoms with Crippen molar-refractivity contribution in [1.82, 2.24) is 4.90 Å². The minimum atomic E-state index is 0.214. The van der Waals surface area contributed by atoms with Crippen LogP contribution in [0.1, 0.15) is 44.6 Å². The zero-order valence-electron chi connectivity index (χ0n) is 14.7. The number of furan rings is 1. The molecular formula is C20H27NO3. The van der Waals surface area contributed by atoms with Crippen LogP contribution in [0.3, 0.4) is 0 Å². The molecule has 0 spiro atoms. The fraction of sp³-hybridized carbons (Fsp3) is 0.550. The Kier molecular flexibility index (Phi) is 5.44. The van der Waals surface area contributed by atoms with Crippen molar-refractivity contribution in [2.45, 2.75) is 45.4 Å². The second kappa shape index (κ2) is 7.73. The third kappa shape index (κ3) is 3.74. The number of hydrogen-bond acceptors (Lipinski definition) is 3. The van der Waals surface area contributed by atoms with E-state index in [0.717, 1.165) is 54.1 Å². The lowest BCUT2D eigenvalue weighted by Crippen LogP contribution is -2.33. The molecule has 4 heteroatoms. The first kappa shape index (κ1) is 16.9. The Hall–Kier alpha value is -1.97. The molecule has 0 N–H and O–H groups in total. The van der Waals surface area contributed by atoms with E-state index in [1.807, 2.05) is 23.1 Å². The first-order valence-corrected chi connectivity index (χ1v) is 9.03. The number of likely N-dealkylation sites (tertiary alicyclic amines) is 1. The van der Waals surface area contributed by atoms with E-state index >= 15 is 0 Å². The van der Waals surface area contributed by atoms with Gasteiger partial charge in [-0.1, -0.05) is 19.8 Å². The average molecular weight is 329 g/mol. The minimum absolute atomic E-state index is 0.214. The molecule has 1 saturated heterocycles. The van der Waals surface area contributed by atoms with E-state index in [1.165, 1.54) is 19.3 Å². The molecule has 1 aliphatic rings. The van der Waals surface area contributed by atoms with E-state index in [9.17, 15) is 4.79 Å².